The molecule has 86 valence electrons. The Balaban J connectivity index is 2.21. The Hall–Kier alpha value is -2.43. The van der Waals surface area contributed by atoms with E-state index in [4.69, 9.17) is 5.73 Å². The molecule has 1 amide bonds. The van der Waals surface area contributed by atoms with Crippen LogP contribution in [-0.4, -0.2) is 15.9 Å². The molecule has 2 aromatic heterocycles. The molecule has 0 saturated carbocycles. The number of nitrogens with two attached hydrogens (primary N) is 1. The minimum Gasteiger partial charge on any atom is -0.398 e. The summed E-state index contributed by atoms with van der Waals surface area (Å²) in [6.45, 7) is 1.82. The molecule has 0 unspecified atom stereocenters. The first kappa shape index (κ1) is 11.1. The van der Waals surface area contributed by atoms with E-state index in [1.807, 2.05) is 6.92 Å². The van der Waals surface area contributed by atoms with Crippen molar-refractivity contribution in [3.63, 3.8) is 0 Å². The molecule has 0 radical (unpaired) electrons. The molecule has 2 aromatic rings. The molecule has 2 heterocycles. The highest BCUT2D eigenvalue weighted by Crippen LogP contribution is 2.13. The topological polar surface area (TPSA) is 80.9 Å². The van der Waals surface area contributed by atoms with Crippen LogP contribution in [0.25, 0.3) is 0 Å². The van der Waals surface area contributed by atoms with Gasteiger partial charge in [0, 0.05) is 35.7 Å². The SMILES string of the molecule is Cc1cc(N)c(C(=O)Nc2ccncc2)cn1. The molecule has 0 aliphatic carbocycles. The summed E-state index contributed by atoms with van der Waals surface area (Å²) < 4.78 is 0. The average molecular weight is 228 g/mol. The second-order valence-corrected chi connectivity index (χ2v) is 3.60. The summed E-state index contributed by atoms with van der Waals surface area (Å²) in [6, 6.07) is 5.08. The van der Waals surface area contributed by atoms with Crippen LogP contribution < -0.4 is 11.1 Å². The van der Waals surface area contributed by atoms with E-state index < -0.39 is 0 Å². The van der Waals surface area contributed by atoms with E-state index in [9.17, 15) is 4.79 Å². The van der Waals surface area contributed by atoms with Crippen LogP contribution in [0.5, 0.6) is 0 Å². The first-order valence-electron chi connectivity index (χ1n) is 5.10. The fourth-order valence-corrected chi connectivity index (χ4v) is 1.40. The number of nitrogens with zero attached hydrogens (tertiary/aromatic N) is 2. The fraction of sp³-hybridized carbons (Fsp3) is 0.0833. The van der Waals surface area contributed by atoms with Gasteiger partial charge in [0.1, 0.15) is 0 Å². The van der Waals surface area contributed by atoms with Gasteiger partial charge in [0.05, 0.1) is 5.56 Å². The number of nitrogens with one attached hydrogen (secondary N) is 1. The Morgan fingerprint density at radius 2 is 2.06 bits per heavy atom. The molecule has 2 rings (SSSR count). The number of hydrogen-bond acceptors (Lipinski definition) is 4. The van der Waals surface area contributed by atoms with Crippen LogP contribution >= 0.6 is 0 Å². The van der Waals surface area contributed by atoms with E-state index in [1.54, 1.807) is 30.6 Å². The maximum Gasteiger partial charge on any atom is 0.259 e. The standard InChI is InChI=1S/C12H12N4O/c1-8-6-11(13)10(7-15-8)12(17)16-9-2-4-14-5-3-9/h2-7H,1H3,(H2,13,15)(H,14,16,17). The number of rotatable bonds is 2. The molecule has 0 atom stereocenters. The predicted molar refractivity (Wildman–Crippen MR) is 65.6 cm³/mol. The molecular weight excluding hydrogens is 216 g/mol. The lowest BCUT2D eigenvalue weighted by atomic mass is 10.2. The predicted octanol–water partition coefficient (Wildman–Crippen LogP) is 1.62. The largest absolute Gasteiger partial charge is 0.398 e. The molecule has 5 heteroatoms. The number of amides is 1. The quantitative estimate of drug-likeness (QED) is 0.818. The van der Waals surface area contributed by atoms with Crippen molar-refractivity contribution in [1.29, 1.82) is 0 Å². The third kappa shape index (κ3) is 2.57. The van der Waals surface area contributed by atoms with Crippen molar-refractivity contribution in [3.05, 3.63) is 48.0 Å². The van der Waals surface area contributed by atoms with Gasteiger partial charge in [-0.05, 0) is 25.1 Å². The average Bonchev–Trinajstić information content (AvgIpc) is 2.30. The molecule has 0 fully saturated rings. The second-order valence-electron chi connectivity index (χ2n) is 3.60. The summed E-state index contributed by atoms with van der Waals surface area (Å²) in [5.74, 6) is -0.277. The Morgan fingerprint density at radius 3 is 2.71 bits per heavy atom. The third-order valence-corrected chi connectivity index (χ3v) is 2.26. The van der Waals surface area contributed by atoms with E-state index in [0.717, 1.165) is 5.69 Å². The molecule has 5 nitrogen and oxygen atoms in total. The number of aromatic nitrogens is 2. The second kappa shape index (κ2) is 4.61. The van der Waals surface area contributed by atoms with Crippen LogP contribution in [0.2, 0.25) is 0 Å². The zero-order chi connectivity index (χ0) is 12.3. The van der Waals surface area contributed by atoms with Crippen molar-refractivity contribution in [1.82, 2.24) is 9.97 Å². The van der Waals surface area contributed by atoms with Gasteiger partial charge in [-0.25, -0.2) is 0 Å². The van der Waals surface area contributed by atoms with Gasteiger partial charge in [0.25, 0.3) is 5.91 Å². The van der Waals surface area contributed by atoms with E-state index in [1.165, 1.54) is 6.20 Å². The maximum atomic E-state index is 11.9. The molecule has 0 saturated heterocycles. The summed E-state index contributed by atoms with van der Waals surface area (Å²) in [5, 5.41) is 2.72. The molecule has 0 bridgehead atoms. The zero-order valence-corrected chi connectivity index (χ0v) is 9.34. The normalized spacial score (nSPS) is 9.94. The van der Waals surface area contributed by atoms with Crippen LogP contribution in [0, 0.1) is 6.92 Å². The van der Waals surface area contributed by atoms with Crippen molar-refractivity contribution >= 4 is 17.3 Å². The lowest BCUT2D eigenvalue weighted by molar-refractivity contribution is 0.102. The Labute approximate surface area is 98.7 Å². The highest BCUT2D eigenvalue weighted by Gasteiger charge is 2.10. The van der Waals surface area contributed by atoms with Crippen molar-refractivity contribution in [2.24, 2.45) is 0 Å². The zero-order valence-electron chi connectivity index (χ0n) is 9.34. The van der Waals surface area contributed by atoms with Crippen LogP contribution in [0.4, 0.5) is 11.4 Å². The van der Waals surface area contributed by atoms with Gasteiger partial charge in [-0.2, -0.15) is 0 Å². The summed E-state index contributed by atoms with van der Waals surface area (Å²) in [6.07, 6.45) is 4.68. The highest BCUT2D eigenvalue weighted by atomic mass is 16.1. The third-order valence-electron chi connectivity index (χ3n) is 2.26. The van der Waals surface area contributed by atoms with E-state index in [0.29, 0.717) is 16.9 Å². The van der Waals surface area contributed by atoms with Gasteiger partial charge in [0.2, 0.25) is 0 Å². The number of carbonyl (C=O) groups excluding carboxylic acids is 1. The van der Waals surface area contributed by atoms with Gasteiger partial charge in [-0.15, -0.1) is 0 Å². The Morgan fingerprint density at radius 1 is 1.35 bits per heavy atom. The van der Waals surface area contributed by atoms with Crippen LogP contribution in [-0.2, 0) is 0 Å². The van der Waals surface area contributed by atoms with E-state index in [2.05, 4.69) is 15.3 Å². The number of aryl methyl sites for hydroxylation is 1. The van der Waals surface area contributed by atoms with Crippen molar-refractivity contribution in [2.75, 3.05) is 11.1 Å². The summed E-state index contributed by atoms with van der Waals surface area (Å²) in [7, 11) is 0. The summed E-state index contributed by atoms with van der Waals surface area (Å²) in [5.41, 5.74) is 8.00. The molecule has 3 N–H and O–H groups in total. The molecule has 0 spiro atoms. The Bertz CT molecular complexity index is 539. The van der Waals surface area contributed by atoms with Gasteiger partial charge >= 0.3 is 0 Å². The molecule has 0 aliphatic rings. The minimum absolute atomic E-state index is 0.277. The monoisotopic (exact) mass is 228 g/mol. The first-order valence-corrected chi connectivity index (χ1v) is 5.10. The lowest BCUT2D eigenvalue weighted by Gasteiger charge is -2.07. The Kier molecular flexibility index (Phi) is 3.00. The van der Waals surface area contributed by atoms with Crippen LogP contribution in [0.3, 0.4) is 0 Å². The molecular formula is C12H12N4O. The first-order chi connectivity index (χ1) is 8.16. The van der Waals surface area contributed by atoms with E-state index >= 15 is 0 Å². The molecule has 17 heavy (non-hydrogen) atoms. The fourth-order valence-electron chi connectivity index (χ4n) is 1.40. The molecule has 0 aromatic carbocycles. The van der Waals surface area contributed by atoms with Crippen molar-refractivity contribution in [3.8, 4) is 0 Å². The minimum atomic E-state index is -0.277. The molecule has 0 aliphatic heterocycles. The smallest absolute Gasteiger partial charge is 0.259 e. The van der Waals surface area contributed by atoms with Gasteiger partial charge in [-0.3, -0.25) is 14.8 Å². The van der Waals surface area contributed by atoms with Gasteiger partial charge in [-0.1, -0.05) is 0 Å². The van der Waals surface area contributed by atoms with Gasteiger partial charge < -0.3 is 11.1 Å². The van der Waals surface area contributed by atoms with E-state index in [-0.39, 0.29) is 5.91 Å². The van der Waals surface area contributed by atoms with Crippen molar-refractivity contribution in [2.45, 2.75) is 6.92 Å². The number of anilines is 2. The highest BCUT2D eigenvalue weighted by molar-refractivity contribution is 6.07. The summed E-state index contributed by atoms with van der Waals surface area (Å²) >= 11 is 0. The summed E-state index contributed by atoms with van der Waals surface area (Å²) in [4.78, 5) is 19.8. The number of pyridine rings is 2. The van der Waals surface area contributed by atoms with Gasteiger partial charge in [0.15, 0.2) is 0 Å². The van der Waals surface area contributed by atoms with Crippen LogP contribution in [0.1, 0.15) is 16.1 Å². The van der Waals surface area contributed by atoms with Crippen molar-refractivity contribution < 1.29 is 4.79 Å². The maximum absolute atomic E-state index is 11.9. The number of hydrogen-bond donors (Lipinski definition) is 2. The lowest BCUT2D eigenvalue weighted by Crippen LogP contribution is -2.14. The number of carbonyl (C=O) groups is 1. The number of nitrogen functional groups attached to an aromatic ring is 1. The van der Waals surface area contributed by atoms with Crippen LogP contribution in [0.15, 0.2) is 36.8 Å².